The molecule has 20 heavy (non-hydrogen) atoms. The summed E-state index contributed by atoms with van der Waals surface area (Å²) in [7, 11) is 0. The van der Waals surface area contributed by atoms with Crippen LogP contribution in [0.5, 0.6) is 0 Å². The average Bonchev–Trinajstić information content (AvgIpc) is 2.77. The molecule has 0 atom stereocenters. The van der Waals surface area contributed by atoms with Crippen LogP contribution in [0.25, 0.3) is 0 Å². The van der Waals surface area contributed by atoms with Crippen LogP contribution in [-0.4, -0.2) is 16.5 Å². The van der Waals surface area contributed by atoms with Gasteiger partial charge in [-0.2, -0.15) is 13.2 Å². The Bertz CT molecular complexity index is 621. The van der Waals surface area contributed by atoms with Crippen LogP contribution in [0, 0.1) is 0 Å². The number of hydrogen-bond donors (Lipinski definition) is 1. The average molecular weight is 300 g/mol. The van der Waals surface area contributed by atoms with Gasteiger partial charge in [0.25, 0.3) is 0 Å². The van der Waals surface area contributed by atoms with E-state index in [1.54, 1.807) is 0 Å². The summed E-state index contributed by atoms with van der Waals surface area (Å²) in [6.45, 7) is 1.26. The third-order valence-electron chi connectivity index (χ3n) is 3.15. The first-order valence-electron chi connectivity index (χ1n) is 5.96. The summed E-state index contributed by atoms with van der Waals surface area (Å²) in [6, 6.07) is 2.46. The molecule has 8 heteroatoms. The van der Waals surface area contributed by atoms with Crippen LogP contribution in [0.15, 0.2) is 18.3 Å². The molecule has 3 heterocycles. The number of nitrogen functional groups attached to an aromatic ring is 1. The third kappa shape index (κ3) is 2.43. The van der Waals surface area contributed by atoms with Crippen molar-refractivity contribution in [2.75, 3.05) is 17.2 Å². The van der Waals surface area contributed by atoms with Gasteiger partial charge in [-0.3, -0.25) is 0 Å². The van der Waals surface area contributed by atoms with Crippen molar-refractivity contribution in [3.63, 3.8) is 0 Å². The van der Waals surface area contributed by atoms with E-state index in [0.717, 1.165) is 29.3 Å². The first kappa shape index (κ1) is 13.2. The van der Waals surface area contributed by atoms with Gasteiger partial charge >= 0.3 is 6.18 Å². The first-order chi connectivity index (χ1) is 9.43. The monoisotopic (exact) mass is 300 g/mol. The van der Waals surface area contributed by atoms with E-state index in [4.69, 9.17) is 5.73 Å². The number of alkyl halides is 3. The Labute approximate surface area is 117 Å². The van der Waals surface area contributed by atoms with E-state index in [2.05, 4.69) is 9.97 Å². The van der Waals surface area contributed by atoms with E-state index in [9.17, 15) is 13.2 Å². The van der Waals surface area contributed by atoms with Gasteiger partial charge < -0.3 is 10.6 Å². The zero-order chi connectivity index (χ0) is 14.3. The molecule has 3 rings (SSSR count). The van der Waals surface area contributed by atoms with Crippen LogP contribution in [-0.2, 0) is 19.1 Å². The summed E-state index contributed by atoms with van der Waals surface area (Å²) in [5.41, 5.74) is 5.91. The van der Waals surface area contributed by atoms with Crippen molar-refractivity contribution in [3.05, 3.63) is 34.5 Å². The molecular weight excluding hydrogens is 289 g/mol. The van der Waals surface area contributed by atoms with Crippen molar-refractivity contribution < 1.29 is 13.2 Å². The van der Waals surface area contributed by atoms with Crippen molar-refractivity contribution in [1.29, 1.82) is 0 Å². The lowest BCUT2D eigenvalue weighted by atomic mass is 10.1. The lowest BCUT2D eigenvalue weighted by molar-refractivity contribution is -0.137. The highest BCUT2D eigenvalue weighted by Crippen LogP contribution is 2.31. The maximum Gasteiger partial charge on any atom is 0.417 e. The summed E-state index contributed by atoms with van der Waals surface area (Å²) in [6.07, 6.45) is -2.76. The smallest absolute Gasteiger partial charge is 0.375 e. The lowest BCUT2D eigenvalue weighted by Gasteiger charge is -2.27. The molecular formula is C12H11F3N4S. The molecule has 0 aliphatic carbocycles. The van der Waals surface area contributed by atoms with Gasteiger partial charge in [0.15, 0.2) is 5.13 Å². The minimum atomic E-state index is -4.35. The Morgan fingerprint density at radius 2 is 2.10 bits per heavy atom. The molecule has 0 bridgehead atoms. The topological polar surface area (TPSA) is 55.0 Å². The first-order valence-corrected chi connectivity index (χ1v) is 6.77. The number of thiazole rings is 1. The van der Waals surface area contributed by atoms with Gasteiger partial charge in [-0.05, 0) is 12.1 Å². The van der Waals surface area contributed by atoms with Crippen molar-refractivity contribution in [1.82, 2.24) is 9.97 Å². The number of aromatic nitrogens is 2. The van der Waals surface area contributed by atoms with E-state index < -0.39 is 11.7 Å². The van der Waals surface area contributed by atoms with E-state index in [-0.39, 0.29) is 0 Å². The van der Waals surface area contributed by atoms with E-state index in [1.807, 2.05) is 4.90 Å². The van der Waals surface area contributed by atoms with E-state index >= 15 is 0 Å². The van der Waals surface area contributed by atoms with Crippen molar-refractivity contribution >= 4 is 22.3 Å². The minimum Gasteiger partial charge on any atom is -0.375 e. The second-order valence-corrected chi connectivity index (χ2v) is 5.61. The number of hydrogen-bond acceptors (Lipinski definition) is 5. The molecule has 0 spiro atoms. The highest BCUT2D eigenvalue weighted by atomic mass is 32.1. The number of pyridine rings is 1. The second-order valence-electron chi connectivity index (χ2n) is 4.50. The quantitative estimate of drug-likeness (QED) is 0.880. The van der Waals surface area contributed by atoms with Crippen LogP contribution in [0.1, 0.15) is 16.1 Å². The van der Waals surface area contributed by atoms with Gasteiger partial charge in [0.1, 0.15) is 5.82 Å². The van der Waals surface area contributed by atoms with Crippen molar-refractivity contribution in [3.8, 4) is 0 Å². The molecule has 1 aliphatic rings. The Morgan fingerprint density at radius 1 is 1.30 bits per heavy atom. The highest BCUT2D eigenvalue weighted by Gasteiger charge is 2.31. The fourth-order valence-electron chi connectivity index (χ4n) is 2.15. The molecule has 0 saturated heterocycles. The summed E-state index contributed by atoms with van der Waals surface area (Å²) in [4.78, 5) is 11.1. The maximum atomic E-state index is 12.5. The zero-order valence-corrected chi connectivity index (χ0v) is 11.1. The fraction of sp³-hybridized carbons (Fsp3) is 0.333. The molecule has 106 valence electrons. The van der Waals surface area contributed by atoms with Crippen LogP contribution in [0.2, 0.25) is 0 Å². The standard InChI is InChI=1S/C12H11F3N4S/c13-12(14,15)7-1-2-10(17-5-7)19-4-3-8-9(6-19)20-11(16)18-8/h1-2,5H,3-4,6H2,(H2,16,18). The number of nitrogens with zero attached hydrogens (tertiary/aromatic N) is 3. The molecule has 1 aliphatic heterocycles. The van der Waals surface area contributed by atoms with Crippen LogP contribution >= 0.6 is 11.3 Å². The summed E-state index contributed by atoms with van der Waals surface area (Å²) in [5.74, 6) is 0.538. The van der Waals surface area contributed by atoms with Crippen LogP contribution < -0.4 is 10.6 Å². The number of fused-ring (bicyclic) bond motifs is 1. The molecule has 0 amide bonds. The van der Waals surface area contributed by atoms with Gasteiger partial charge in [-0.15, -0.1) is 11.3 Å². The van der Waals surface area contributed by atoms with Gasteiger partial charge in [0.05, 0.1) is 17.8 Å². The normalized spacial score (nSPS) is 15.2. The summed E-state index contributed by atoms with van der Waals surface area (Å²) >= 11 is 1.41. The van der Waals surface area contributed by atoms with Gasteiger partial charge in [-0.25, -0.2) is 9.97 Å². The summed E-state index contributed by atoms with van der Waals surface area (Å²) in [5, 5.41) is 0.525. The SMILES string of the molecule is Nc1nc2c(s1)CN(c1ccc(C(F)(F)F)cn1)CC2. The zero-order valence-electron chi connectivity index (χ0n) is 10.3. The number of rotatable bonds is 1. The summed E-state index contributed by atoms with van der Waals surface area (Å²) < 4.78 is 37.5. The van der Waals surface area contributed by atoms with E-state index in [0.29, 0.717) is 24.0 Å². The van der Waals surface area contributed by atoms with Gasteiger partial charge in [-0.1, -0.05) is 0 Å². The number of nitrogens with two attached hydrogens (primary N) is 1. The van der Waals surface area contributed by atoms with E-state index in [1.165, 1.54) is 17.4 Å². The number of anilines is 2. The van der Waals surface area contributed by atoms with Crippen LogP contribution in [0.4, 0.5) is 24.1 Å². The van der Waals surface area contributed by atoms with Crippen LogP contribution in [0.3, 0.4) is 0 Å². The molecule has 0 fully saturated rings. The largest absolute Gasteiger partial charge is 0.417 e. The molecule has 4 nitrogen and oxygen atoms in total. The third-order valence-corrected chi connectivity index (χ3v) is 4.06. The second kappa shape index (κ2) is 4.62. The molecule has 2 aromatic heterocycles. The molecule has 0 aromatic carbocycles. The lowest BCUT2D eigenvalue weighted by Crippen LogP contribution is -2.30. The maximum absolute atomic E-state index is 12.5. The van der Waals surface area contributed by atoms with Gasteiger partial charge in [0.2, 0.25) is 0 Å². The highest BCUT2D eigenvalue weighted by molar-refractivity contribution is 7.15. The predicted molar refractivity (Wildman–Crippen MR) is 70.5 cm³/mol. The van der Waals surface area contributed by atoms with Crippen molar-refractivity contribution in [2.45, 2.75) is 19.1 Å². The molecule has 0 unspecified atom stereocenters. The number of halogens is 3. The molecule has 2 N–H and O–H groups in total. The molecule has 0 saturated carbocycles. The van der Waals surface area contributed by atoms with Gasteiger partial charge in [0, 0.05) is 24.0 Å². The fourth-order valence-corrected chi connectivity index (χ4v) is 3.05. The van der Waals surface area contributed by atoms with Crippen molar-refractivity contribution in [2.24, 2.45) is 0 Å². The molecule has 0 radical (unpaired) electrons. The Kier molecular flexibility index (Phi) is 3.04. The predicted octanol–water partition coefficient (Wildman–Crippen LogP) is 2.70. The Balaban J connectivity index is 1.81. The Hall–Kier alpha value is -1.83. The molecule has 2 aromatic rings. The Morgan fingerprint density at radius 3 is 2.75 bits per heavy atom. The minimum absolute atomic E-state index is 0.525.